The van der Waals surface area contributed by atoms with Crippen LogP contribution in [0, 0.1) is 5.92 Å². The van der Waals surface area contributed by atoms with Crippen LogP contribution in [0.15, 0.2) is 0 Å². The first-order valence-corrected chi connectivity index (χ1v) is 9.78. The van der Waals surface area contributed by atoms with Crippen molar-refractivity contribution in [2.45, 2.75) is 46.1 Å². The Morgan fingerprint density at radius 1 is 0.967 bits per heavy atom. The zero-order valence-corrected chi connectivity index (χ0v) is 17.4. The number of carbonyl (C=O) groups excluding carboxylic acids is 5. The van der Waals surface area contributed by atoms with Crippen molar-refractivity contribution in [3.8, 4) is 0 Å². The van der Waals surface area contributed by atoms with Crippen molar-refractivity contribution in [1.82, 2.24) is 15.7 Å². The Balaban J connectivity index is 2.45. The summed E-state index contributed by atoms with van der Waals surface area (Å²) in [5, 5.41) is 5.41. The van der Waals surface area contributed by atoms with Crippen molar-refractivity contribution in [2.24, 2.45) is 5.92 Å². The SMILES string of the molecule is CCNC(=O)OCC(COC(=O)NCC)OCCC(C)C(=O)ON1C(=O)CCC1=O. The molecule has 0 bridgehead atoms. The maximum atomic E-state index is 12.1. The van der Waals surface area contributed by atoms with Gasteiger partial charge in [-0.15, -0.1) is 5.06 Å². The first kappa shape index (κ1) is 25.1. The van der Waals surface area contributed by atoms with Gasteiger partial charge in [-0.25, -0.2) is 14.4 Å². The third-order valence-corrected chi connectivity index (χ3v) is 3.94. The molecule has 1 fully saturated rings. The number of hydrogen-bond acceptors (Lipinski definition) is 9. The zero-order chi connectivity index (χ0) is 22.5. The predicted molar refractivity (Wildman–Crippen MR) is 101 cm³/mol. The first-order chi connectivity index (χ1) is 14.3. The Morgan fingerprint density at radius 3 is 1.93 bits per heavy atom. The van der Waals surface area contributed by atoms with Gasteiger partial charge in [0.1, 0.15) is 19.3 Å². The van der Waals surface area contributed by atoms with Crippen molar-refractivity contribution < 1.29 is 43.0 Å². The van der Waals surface area contributed by atoms with Crippen LogP contribution in [0.2, 0.25) is 0 Å². The molecule has 0 radical (unpaired) electrons. The number of ether oxygens (including phenoxy) is 3. The minimum Gasteiger partial charge on any atom is -0.447 e. The molecule has 1 rings (SSSR count). The van der Waals surface area contributed by atoms with Gasteiger partial charge in [0.25, 0.3) is 11.8 Å². The fraction of sp³-hybridized carbons (Fsp3) is 0.722. The molecule has 1 saturated heterocycles. The highest BCUT2D eigenvalue weighted by atomic mass is 16.7. The number of amides is 4. The zero-order valence-electron chi connectivity index (χ0n) is 17.4. The minimum atomic E-state index is -0.750. The van der Waals surface area contributed by atoms with Gasteiger partial charge in [-0.3, -0.25) is 9.59 Å². The summed E-state index contributed by atoms with van der Waals surface area (Å²) in [5.41, 5.74) is 0. The van der Waals surface area contributed by atoms with Crippen LogP contribution in [-0.2, 0) is 33.4 Å². The second-order valence-corrected chi connectivity index (χ2v) is 6.43. The average Bonchev–Trinajstić information content (AvgIpc) is 3.01. The smallest absolute Gasteiger partial charge is 0.407 e. The van der Waals surface area contributed by atoms with Crippen LogP contribution in [0.1, 0.15) is 40.0 Å². The van der Waals surface area contributed by atoms with Crippen molar-refractivity contribution in [2.75, 3.05) is 32.9 Å². The van der Waals surface area contributed by atoms with E-state index in [4.69, 9.17) is 19.0 Å². The summed E-state index contributed by atoms with van der Waals surface area (Å²) in [6.07, 6.45) is -1.79. The molecule has 1 aliphatic heterocycles. The molecule has 0 saturated carbocycles. The van der Waals surface area contributed by atoms with Gasteiger partial charge < -0.3 is 29.7 Å². The van der Waals surface area contributed by atoms with Crippen LogP contribution in [0.25, 0.3) is 0 Å². The lowest BCUT2D eigenvalue weighted by Crippen LogP contribution is -2.35. The molecule has 0 aliphatic carbocycles. The summed E-state index contributed by atoms with van der Waals surface area (Å²) in [5.74, 6) is -2.51. The number of imide groups is 1. The van der Waals surface area contributed by atoms with Gasteiger partial charge in [0, 0.05) is 32.5 Å². The highest BCUT2D eigenvalue weighted by Gasteiger charge is 2.34. The second-order valence-electron chi connectivity index (χ2n) is 6.43. The molecule has 2 N–H and O–H groups in total. The summed E-state index contributed by atoms with van der Waals surface area (Å²) >= 11 is 0. The normalized spacial score (nSPS) is 14.5. The summed E-state index contributed by atoms with van der Waals surface area (Å²) in [6, 6.07) is 0. The van der Waals surface area contributed by atoms with Gasteiger partial charge in [0.05, 0.1) is 5.92 Å². The molecule has 0 aromatic carbocycles. The maximum absolute atomic E-state index is 12.1. The summed E-state index contributed by atoms with van der Waals surface area (Å²) in [7, 11) is 0. The van der Waals surface area contributed by atoms with E-state index in [1.165, 1.54) is 0 Å². The number of rotatable bonds is 12. The predicted octanol–water partition coefficient (Wildman–Crippen LogP) is 0.497. The van der Waals surface area contributed by atoms with Crippen molar-refractivity contribution in [3.05, 3.63) is 0 Å². The van der Waals surface area contributed by atoms with Crippen LogP contribution in [0.3, 0.4) is 0 Å². The molecular weight excluding hydrogens is 402 g/mol. The van der Waals surface area contributed by atoms with Crippen molar-refractivity contribution in [1.29, 1.82) is 0 Å². The van der Waals surface area contributed by atoms with Crippen LogP contribution < -0.4 is 10.6 Å². The molecular formula is C18H29N3O9. The molecule has 1 atom stereocenters. The Hall–Kier alpha value is -2.89. The minimum absolute atomic E-state index is 0.0164. The van der Waals surface area contributed by atoms with E-state index < -0.39 is 42.0 Å². The molecule has 0 aromatic rings. The average molecular weight is 431 g/mol. The highest BCUT2D eigenvalue weighted by molar-refractivity contribution is 6.01. The second kappa shape index (κ2) is 13.4. The number of nitrogens with zero attached hydrogens (tertiary/aromatic N) is 1. The van der Waals surface area contributed by atoms with E-state index in [-0.39, 0.29) is 39.1 Å². The number of hydroxylamine groups is 2. The lowest BCUT2D eigenvalue weighted by molar-refractivity contribution is -0.200. The number of hydrogen-bond donors (Lipinski definition) is 2. The fourth-order valence-electron chi connectivity index (χ4n) is 2.24. The molecule has 1 heterocycles. The Morgan fingerprint density at radius 2 is 1.47 bits per heavy atom. The number of carbonyl (C=O) groups is 5. The summed E-state index contributed by atoms with van der Waals surface area (Å²) < 4.78 is 15.6. The molecule has 0 aromatic heterocycles. The van der Waals surface area contributed by atoms with E-state index in [9.17, 15) is 24.0 Å². The maximum Gasteiger partial charge on any atom is 0.407 e. The van der Waals surface area contributed by atoms with Gasteiger partial charge >= 0.3 is 18.2 Å². The number of nitrogens with one attached hydrogen (secondary N) is 2. The standard InChI is InChI=1S/C18H29N3O9/c1-4-19-17(25)28-10-13(11-29-18(26)20-5-2)27-9-8-12(3)16(24)30-21-14(22)6-7-15(21)23/h12-13H,4-11H2,1-3H3,(H,19,25)(H,20,26). The molecule has 30 heavy (non-hydrogen) atoms. The monoisotopic (exact) mass is 431 g/mol. The van der Waals surface area contributed by atoms with E-state index in [0.717, 1.165) is 0 Å². The van der Waals surface area contributed by atoms with Gasteiger partial charge in [0.2, 0.25) is 0 Å². The lowest BCUT2D eigenvalue weighted by Gasteiger charge is -2.20. The molecule has 4 amide bonds. The van der Waals surface area contributed by atoms with E-state index >= 15 is 0 Å². The Labute approximate surface area is 174 Å². The highest BCUT2D eigenvalue weighted by Crippen LogP contribution is 2.15. The van der Waals surface area contributed by atoms with E-state index in [1.807, 2.05) is 0 Å². The quantitative estimate of drug-likeness (QED) is 0.421. The van der Waals surface area contributed by atoms with Crippen LogP contribution in [-0.4, -0.2) is 74.0 Å². The molecule has 170 valence electrons. The van der Waals surface area contributed by atoms with Gasteiger partial charge in [-0.2, -0.15) is 0 Å². The fourth-order valence-corrected chi connectivity index (χ4v) is 2.24. The molecule has 1 aliphatic rings. The van der Waals surface area contributed by atoms with Gasteiger partial charge in [0.15, 0.2) is 0 Å². The third kappa shape index (κ3) is 9.07. The topological polar surface area (TPSA) is 150 Å². The molecule has 12 nitrogen and oxygen atoms in total. The molecule has 0 spiro atoms. The van der Waals surface area contributed by atoms with E-state index in [0.29, 0.717) is 18.2 Å². The van der Waals surface area contributed by atoms with E-state index in [1.54, 1.807) is 20.8 Å². The molecule has 1 unspecified atom stereocenters. The summed E-state index contributed by atoms with van der Waals surface area (Å²) in [4.78, 5) is 62.8. The Bertz CT molecular complexity index is 588. The van der Waals surface area contributed by atoms with Crippen LogP contribution in [0.4, 0.5) is 9.59 Å². The van der Waals surface area contributed by atoms with Crippen LogP contribution >= 0.6 is 0 Å². The van der Waals surface area contributed by atoms with E-state index in [2.05, 4.69) is 10.6 Å². The largest absolute Gasteiger partial charge is 0.447 e. The summed E-state index contributed by atoms with van der Waals surface area (Å²) in [6.45, 7) is 5.53. The van der Waals surface area contributed by atoms with Crippen molar-refractivity contribution in [3.63, 3.8) is 0 Å². The van der Waals surface area contributed by atoms with Crippen LogP contribution in [0.5, 0.6) is 0 Å². The lowest BCUT2D eigenvalue weighted by atomic mass is 10.1. The third-order valence-electron chi connectivity index (χ3n) is 3.94. The Kier molecular flexibility index (Phi) is 11.2. The molecule has 12 heteroatoms. The van der Waals surface area contributed by atoms with Crippen molar-refractivity contribution >= 4 is 30.0 Å². The van der Waals surface area contributed by atoms with Gasteiger partial charge in [-0.1, -0.05) is 6.92 Å². The number of alkyl carbamates (subject to hydrolysis) is 2. The van der Waals surface area contributed by atoms with Gasteiger partial charge in [-0.05, 0) is 20.3 Å². The first-order valence-electron chi connectivity index (χ1n) is 9.78.